The monoisotopic (exact) mass is 373 g/mol. The van der Waals surface area contributed by atoms with Crippen LogP contribution >= 0.6 is 0 Å². The molecule has 0 heterocycles. The van der Waals surface area contributed by atoms with Gasteiger partial charge >= 0.3 is 0 Å². The molecule has 2 aromatic rings. The van der Waals surface area contributed by atoms with Crippen LogP contribution in [0.5, 0.6) is 0 Å². The molecule has 4 nitrogen and oxygen atoms in total. The van der Waals surface area contributed by atoms with Gasteiger partial charge in [0.25, 0.3) is 0 Å². The van der Waals surface area contributed by atoms with E-state index in [-0.39, 0.29) is 11.7 Å². The minimum Gasteiger partial charge on any atom is -0.345 e. The molecule has 0 aliphatic carbocycles. The molecule has 0 N–H and O–H groups in total. The van der Waals surface area contributed by atoms with Crippen LogP contribution in [0.3, 0.4) is 0 Å². The predicted octanol–water partition coefficient (Wildman–Crippen LogP) is 3.13. The van der Waals surface area contributed by atoms with Gasteiger partial charge < -0.3 is 4.90 Å². The lowest BCUT2D eigenvalue weighted by atomic mass is 10.1. The number of hydrogen-bond acceptors (Lipinski definition) is 3. The van der Waals surface area contributed by atoms with Crippen molar-refractivity contribution in [2.24, 2.45) is 0 Å². The molecule has 0 spiro atoms. The Bertz CT molecular complexity index is 773. The molecular formula is C21H27NO3S. The second-order valence-electron chi connectivity index (χ2n) is 6.59. The fraction of sp³-hybridized carbons (Fsp3) is 0.381. The van der Waals surface area contributed by atoms with E-state index >= 15 is 0 Å². The molecule has 140 valence electrons. The minimum absolute atomic E-state index is 0.0471. The van der Waals surface area contributed by atoms with Crippen molar-refractivity contribution in [1.29, 1.82) is 0 Å². The Labute approximate surface area is 156 Å². The van der Waals surface area contributed by atoms with Crippen molar-refractivity contribution >= 4 is 15.7 Å². The number of aryl methyl sites for hydroxylation is 2. The van der Waals surface area contributed by atoms with E-state index in [1.54, 1.807) is 7.05 Å². The summed E-state index contributed by atoms with van der Waals surface area (Å²) in [6.07, 6.45) is 2.95. The van der Waals surface area contributed by atoms with Gasteiger partial charge in [0.1, 0.15) is 5.75 Å². The summed E-state index contributed by atoms with van der Waals surface area (Å²) in [6, 6.07) is 19.9. The summed E-state index contributed by atoms with van der Waals surface area (Å²) in [4.78, 5) is 13.7. The Morgan fingerprint density at radius 2 is 1.35 bits per heavy atom. The van der Waals surface area contributed by atoms with Crippen LogP contribution in [-0.4, -0.2) is 44.3 Å². The number of benzene rings is 2. The molecule has 0 aliphatic heterocycles. The van der Waals surface area contributed by atoms with E-state index in [9.17, 15) is 13.2 Å². The number of hydrogen-bond donors (Lipinski definition) is 0. The van der Waals surface area contributed by atoms with Crippen molar-refractivity contribution < 1.29 is 13.2 Å². The first-order valence-electron chi connectivity index (χ1n) is 8.98. The molecular weight excluding hydrogens is 346 g/mol. The maximum absolute atomic E-state index is 12.2. The fourth-order valence-corrected chi connectivity index (χ4v) is 4.13. The maximum atomic E-state index is 12.2. The second-order valence-corrected chi connectivity index (χ2v) is 8.77. The predicted molar refractivity (Wildman–Crippen MR) is 106 cm³/mol. The fourth-order valence-electron chi connectivity index (χ4n) is 2.80. The maximum Gasteiger partial charge on any atom is 0.237 e. The molecule has 26 heavy (non-hydrogen) atoms. The molecule has 1 amide bonds. The van der Waals surface area contributed by atoms with E-state index < -0.39 is 15.6 Å². The molecule has 5 heteroatoms. The number of rotatable bonds is 10. The highest BCUT2D eigenvalue weighted by molar-refractivity contribution is 7.92. The highest BCUT2D eigenvalue weighted by atomic mass is 32.2. The molecule has 0 aliphatic rings. The molecule has 2 rings (SSSR count). The van der Waals surface area contributed by atoms with Crippen LogP contribution in [0.1, 0.15) is 24.0 Å². The Hall–Kier alpha value is -2.14. The van der Waals surface area contributed by atoms with Crippen molar-refractivity contribution in [1.82, 2.24) is 4.90 Å². The van der Waals surface area contributed by atoms with Crippen LogP contribution in [-0.2, 0) is 27.5 Å². The second kappa shape index (κ2) is 10.1. The lowest BCUT2D eigenvalue weighted by molar-refractivity contribution is -0.127. The topological polar surface area (TPSA) is 54.5 Å². The van der Waals surface area contributed by atoms with Crippen molar-refractivity contribution in [3.8, 4) is 0 Å². The van der Waals surface area contributed by atoms with Gasteiger partial charge in [-0.25, -0.2) is 8.42 Å². The third kappa shape index (κ3) is 7.40. The average Bonchev–Trinajstić information content (AvgIpc) is 2.63. The molecule has 0 radical (unpaired) electrons. The highest BCUT2D eigenvalue weighted by Crippen LogP contribution is 2.06. The number of carbonyl (C=O) groups is 1. The summed E-state index contributed by atoms with van der Waals surface area (Å²) in [7, 11) is -1.69. The highest BCUT2D eigenvalue weighted by Gasteiger charge is 2.19. The Kier molecular flexibility index (Phi) is 7.85. The van der Waals surface area contributed by atoms with Crippen LogP contribution in [0.4, 0.5) is 0 Å². The smallest absolute Gasteiger partial charge is 0.237 e. The molecule has 0 atom stereocenters. The van der Waals surface area contributed by atoms with Crippen LogP contribution in [0, 0.1) is 0 Å². The quantitative estimate of drug-likeness (QED) is 0.643. The van der Waals surface area contributed by atoms with Gasteiger partial charge in [-0.15, -0.1) is 0 Å². The van der Waals surface area contributed by atoms with Gasteiger partial charge in [-0.2, -0.15) is 0 Å². The summed E-state index contributed by atoms with van der Waals surface area (Å²) in [6.45, 7) is 0.563. The minimum atomic E-state index is -3.36. The largest absolute Gasteiger partial charge is 0.345 e. The SMILES string of the molecule is CN(CCCc1ccccc1)C(=O)CS(=O)(=O)CCCc1ccccc1. The van der Waals surface area contributed by atoms with E-state index in [1.807, 2.05) is 48.5 Å². The van der Waals surface area contributed by atoms with Crippen molar-refractivity contribution in [2.75, 3.05) is 25.1 Å². The van der Waals surface area contributed by atoms with Gasteiger partial charge in [-0.3, -0.25) is 4.79 Å². The number of nitrogens with zero attached hydrogens (tertiary/aromatic N) is 1. The average molecular weight is 374 g/mol. The molecule has 0 saturated heterocycles. The third-order valence-electron chi connectivity index (χ3n) is 4.33. The molecule has 2 aromatic carbocycles. The van der Waals surface area contributed by atoms with Gasteiger partial charge in [0.15, 0.2) is 9.84 Å². The van der Waals surface area contributed by atoms with Crippen molar-refractivity contribution in [2.45, 2.75) is 25.7 Å². The van der Waals surface area contributed by atoms with E-state index in [4.69, 9.17) is 0 Å². The Morgan fingerprint density at radius 1 is 0.846 bits per heavy atom. The first kappa shape index (κ1) is 20.2. The van der Waals surface area contributed by atoms with Crippen LogP contribution in [0.25, 0.3) is 0 Å². The number of carbonyl (C=O) groups excluding carboxylic acids is 1. The van der Waals surface area contributed by atoms with Crippen molar-refractivity contribution in [3.05, 3.63) is 71.8 Å². The molecule has 0 aromatic heterocycles. The van der Waals surface area contributed by atoms with Crippen LogP contribution in [0.15, 0.2) is 60.7 Å². The summed E-state index contributed by atoms with van der Waals surface area (Å²) in [5.41, 5.74) is 2.34. The number of amides is 1. The van der Waals surface area contributed by atoms with E-state index in [0.717, 1.165) is 18.4 Å². The summed E-state index contributed by atoms with van der Waals surface area (Å²) >= 11 is 0. The zero-order valence-electron chi connectivity index (χ0n) is 15.3. The molecule has 0 bridgehead atoms. The normalized spacial score (nSPS) is 11.3. The lowest BCUT2D eigenvalue weighted by Crippen LogP contribution is -2.34. The summed E-state index contributed by atoms with van der Waals surface area (Å²) < 4.78 is 24.4. The number of sulfone groups is 1. The standard InChI is InChI=1S/C21H27NO3S/c1-22(16-8-14-19-10-4-2-5-11-19)21(23)18-26(24,25)17-9-15-20-12-6-3-7-13-20/h2-7,10-13H,8-9,14-18H2,1H3. The van der Waals surface area contributed by atoms with Gasteiger partial charge in [0.2, 0.25) is 5.91 Å². The van der Waals surface area contributed by atoms with E-state index in [0.29, 0.717) is 19.4 Å². The zero-order valence-corrected chi connectivity index (χ0v) is 16.1. The van der Waals surface area contributed by atoms with E-state index in [1.165, 1.54) is 10.5 Å². The van der Waals surface area contributed by atoms with Gasteiger partial charge in [0, 0.05) is 13.6 Å². The molecule has 0 saturated carbocycles. The first-order chi connectivity index (χ1) is 12.5. The molecule has 0 fully saturated rings. The van der Waals surface area contributed by atoms with Gasteiger partial charge in [-0.05, 0) is 36.8 Å². The van der Waals surface area contributed by atoms with Crippen molar-refractivity contribution in [3.63, 3.8) is 0 Å². The molecule has 0 unspecified atom stereocenters. The van der Waals surface area contributed by atoms with Crippen LogP contribution in [0.2, 0.25) is 0 Å². The lowest BCUT2D eigenvalue weighted by Gasteiger charge is -2.17. The van der Waals surface area contributed by atoms with E-state index in [2.05, 4.69) is 12.1 Å². The summed E-state index contributed by atoms with van der Waals surface area (Å²) in [5, 5.41) is 0. The Morgan fingerprint density at radius 3 is 1.88 bits per heavy atom. The Balaban J connectivity index is 1.70. The first-order valence-corrected chi connectivity index (χ1v) is 10.8. The third-order valence-corrected chi connectivity index (χ3v) is 5.93. The van der Waals surface area contributed by atoms with Crippen LogP contribution < -0.4 is 0 Å². The summed E-state index contributed by atoms with van der Waals surface area (Å²) in [5.74, 6) is -0.674. The zero-order chi connectivity index (χ0) is 18.8. The van der Waals surface area contributed by atoms with Gasteiger partial charge in [-0.1, -0.05) is 60.7 Å². The van der Waals surface area contributed by atoms with Gasteiger partial charge in [0.05, 0.1) is 5.75 Å².